The maximum absolute atomic E-state index is 12.8. The van der Waals surface area contributed by atoms with Gasteiger partial charge in [-0.25, -0.2) is 0 Å². The van der Waals surface area contributed by atoms with Crippen LogP contribution in [0.3, 0.4) is 0 Å². The molecule has 0 radical (unpaired) electrons. The molecule has 0 unspecified atom stereocenters. The molecule has 27 heavy (non-hydrogen) atoms. The Morgan fingerprint density at radius 3 is 2.37 bits per heavy atom. The van der Waals surface area contributed by atoms with E-state index in [1.807, 2.05) is 12.1 Å². The number of pyridine rings is 1. The Labute approximate surface area is 159 Å². The van der Waals surface area contributed by atoms with Crippen molar-refractivity contribution in [2.24, 2.45) is 5.16 Å². The second-order valence-corrected chi connectivity index (χ2v) is 6.12. The minimum absolute atomic E-state index is 0.257. The zero-order valence-electron chi connectivity index (χ0n) is 13.9. The van der Waals surface area contributed by atoms with Crippen molar-refractivity contribution in [1.82, 2.24) is 4.98 Å². The van der Waals surface area contributed by atoms with Crippen molar-refractivity contribution in [2.45, 2.75) is 12.8 Å². The average Bonchev–Trinajstić information content (AvgIpc) is 2.67. The van der Waals surface area contributed by atoms with Crippen LogP contribution in [0.2, 0.25) is 5.02 Å². The normalized spacial score (nSPS) is 11.7. The number of hydrogen-bond donors (Lipinski definition) is 0. The molecule has 0 aliphatic carbocycles. The molecule has 0 bridgehead atoms. The molecular weight excluding hydrogens is 377 g/mol. The maximum atomic E-state index is 12.8. The van der Waals surface area contributed by atoms with Gasteiger partial charge in [0.25, 0.3) is 0 Å². The van der Waals surface area contributed by atoms with E-state index < -0.39 is 11.7 Å². The summed E-state index contributed by atoms with van der Waals surface area (Å²) >= 11 is 5.81. The van der Waals surface area contributed by atoms with E-state index in [1.54, 1.807) is 36.4 Å². The minimum Gasteiger partial charge on any atom is -0.391 e. The summed E-state index contributed by atoms with van der Waals surface area (Å²) in [5, 5.41) is 4.54. The first-order valence-electron chi connectivity index (χ1n) is 7.95. The lowest BCUT2D eigenvalue weighted by atomic mass is 10.1. The molecule has 3 aromatic rings. The van der Waals surface area contributed by atoms with Gasteiger partial charge in [-0.2, -0.15) is 13.2 Å². The van der Waals surface area contributed by atoms with Gasteiger partial charge >= 0.3 is 6.18 Å². The topological polar surface area (TPSA) is 34.5 Å². The highest BCUT2D eigenvalue weighted by molar-refractivity contribution is 6.30. The molecule has 7 heteroatoms. The van der Waals surface area contributed by atoms with E-state index in [0.29, 0.717) is 17.2 Å². The highest BCUT2D eigenvalue weighted by Crippen LogP contribution is 2.31. The van der Waals surface area contributed by atoms with Gasteiger partial charge < -0.3 is 4.84 Å². The fourth-order valence-electron chi connectivity index (χ4n) is 2.30. The smallest absolute Gasteiger partial charge is 0.391 e. The van der Waals surface area contributed by atoms with Crippen molar-refractivity contribution >= 4 is 17.8 Å². The second-order valence-electron chi connectivity index (χ2n) is 5.68. The summed E-state index contributed by atoms with van der Waals surface area (Å²) in [5.41, 5.74) is 1.80. The number of aromatic nitrogens is 1. The molecule has 2 aromatic carbocycles. The lowest BCUT2D eigenvalue weighted by molar-refractivity contribution is -0.137. The van der Waals surface area contributed by atoms with Crippen LogP contribution in [0.5, 0.6) is 0 Å². The Balaban J connectivity index is 1.62. The number of alkyl halides is 3. The van der Waals surface area contributed by atoms with E-state index in [0.717, 1.165) is 29.5 Å². The lowest BCUT2D eigenvalue weighted by Crippen LogP contribution is -2.05. The van der Waals surface area contributed by atoms with Crippen molar-refractivity contribution in [3.8, 4) is 11.3 Å². The predicted molar refractivity (Wildman–Crippen MR) is 98.5 cm³/mol. The van der Waals surface area contributed by atoms with Crippen LogP contribution < -0.4 is 0 Å². The molecule has 0 spiro atoms. The molecule has 0 aliphatic rings. The minimum atomic E-state index is -4.40. The van der Waals surface area contributed by atoms with Crippen LogP contribution in [0.4, 0.5) is 13.2 Å². The van der Waals surface area contributed by atoms with Crippen LogP contribution in [0, 0.1) is 0 Å². The molecule has 1 aromatic heterocycles. The van der Waals surface area contributed by atoms with Gasteiger partial charge in [-0.1, -0.05) is 53.2 Å². The van der Waals surface area contributed by atoms with E-state index in [2.05, 4.69) is 10.1 Å². The van der Waals surface area contributed by atoms with Crippen molar-refractivity contribution in [3.05, 3.63) is 88.6 Å². The molecule has 0 atom stereocenters. The van der Waals surface area contributed by atoms with E-state index in [-0.39, 0.29) is 5.69 Å². The molecule has 0 fully saturated rings. The second kappa shape index (κ2) is 8.22. The van der Waals surface area contributed by atoms with Crippen molar-refractivity contribution in [3.63, 3.8) is 0 Å². The summed E-state index contributed by atoms with van der Waals surface area (Å²) < 4.78 is 38.4. The van der Waals surface area contributed by atoms with Gasteiger partial charge in [0.05, 0.1) is 17.5 Å². The first-order chi connectivity index (χ1) is 12.9. The van der Waals surface area contributed by atoms with Crippen LogP contribution in [0.15, 0.2) is 72.0 Å². The Bertz CT molecular complexity index is 923. The van der Waals surface area contributed by atoms with E-state index in [1.165, 1.54) is 6.21 Å². The van der Waals surface area contributed by atoms with Gasteiger partial charge in [0.15, 0.2) is 0 Å². The summed E-state index contributed by atoms with van der Waals surface area (Å²) in [6.07, 6.45) is -1.72. The summed E-state index contributed by atoms with van der Waals surface area (Å²) in [7, 11) is 0. The first kappa shape index (κ1) is 18.9. The highest BCUT2D eigenvalue weighted by atomic mass is 35.5. The van der Waals surface area contributed by atoms with Crippen LogP contribution in [-0.2, 0) is 17.6 Å². The molecule has 1 heterocycles. The third kappa shape index (κ3) is 5.31. The quantitative estimate of drug-likeness (QED) is 0.397. The molecule has 0 aliphatic heterocycles. The zero-order chi connectivity index (χ0) is 19.3. The standard InChI is InChI=1S/C20H14ClF3N2O/c21-18-7-3-15(4-8-18)13-27-26-12-14-1-5-16(6-2-14)19-11-17(9-10-25-19)20(22,23)24/h1-12H,13H2. The first-order valence-corrected chi connectivity index (χ1v) is 8.33. The number of benzene rings is 2. The Hall–Kier alpha value is -2.86. The predicted octanol–water partition coefficient (Wildman–Crippen LogP) is 5.97. The third-order valence-corrected chi connectivity index (χ3v) is 3.97. The van der Waals surface area contributed by atoms with Gasteiger partial charge in [0, 0.05) is 16.8 Å². The van der Waals surface area contributed by atoms with E-state index in [9.17, 15) is 13.2 Å². The summed E-state index contributed by atoms with van der Waals surface area (Å²) in [6, 6.07) is 16.0. The Morgan fingerprint density at radius 2 is 1.70 bits per heavy atom. The number of oxime groups is 1. The van der Waals surface area contributed by atoms with E-state index in [4.69, 9.17) is 16.4 Å². The molecule has 0 amide bonds. The summed E-state index contributed by atoms with van der Waals surface area (Å²) in [6.45, 7) is 0.305. The number of nitrogens with zero attached hydrogens (tertiary/aromatic N) is 2. The molecular formula is C20H14ClF3N2O. The fraction of sp³-hybridized carbons (Fsp3) is 0.100. The largest absolute Gasteiger partial charge is 0.416 e. The van der Waals surface area contributed by atoms with Gasteiger partial charge in [0.1, 0.15) is 6.61 Å². The average molecular weight is 391 g/mol. The number of hydrogen-bond acceptors (Lipinski definition) is 3. The van der Waals surface area contributed by atoms with Gasteiger partial charge in [-0.15, -0.1) is 0 Å². The van der Waals surface area contributed by atoms with Gasteiger partial charge in [0.2, 0.25) is 0 Å². The summed E-state index contributed by atoms with van der Waals surface area (Å²) in [4.78, 5) is 9.22. The Kier molecular flexibility index (Phi) is 5.76. The molecule has 0 saturated heterocycles. The molecule has 3 rings (SSSR count). The van der Waals surface area contributed by atoms with Crippen molar-refractivity contribution < 1.29 is 18.0 Å². The molecule has 3 nitrogen and oxygen atoms in total. The highest BCUT2D eigenvalue weighted by Gasteiger charge is 2.30. The SMILES string of the molecule is FC(F)(F)c1ccnc(-c2ccc(C=NOCc3ccc(Cl)cc3)cc2)c1. The zero-order valence-corrected chi connectivity index (χ0v) is 14.7. The third-order valence-electron chi connectivity index (χ3n) is 3.71. The maximum Gasteiger partial charge on any atom is 0.416 e. The van der Waals surface area contributed by atoms with Crippen LogP contribution >= 0.6 is 11.6 Å². The molecule has 0 N–H and O–H groups in total. The van der Waals surface area contributed by atoms with Crippen molar-refractivity contribution in [2.75, 3.05) is 0 Å². The van der Waals surface area contributed by atoms with Crippen LogP contribution in [0.1, 0.15) is 16.7 Å². The fourth-order valence-corrected chi connectivity index (χ4v) is 2.42. The number of rotatable bonds is 5. The van der Waals surface area contributed by atoms with Gasteiger partial charge in [-0.3, -0.25) is 4.98 Å². The van der Waals surface area contributed by atoms with Crippen LogP contribution in [-0.4, -0.2) is 11.2 Å². The van der Waals surface area contributed by atoms with Crippen molar-refractivity contribution in [1.29, 1.82) is 0 Å². The Morgan fingerprint density at radius 1 is 1.00 bits per heavy atom. The molecule has 0 saturated carbocycles. The van der Waals surface area contributed by atoms with Crippen LogP contribution in [0.25, 0.3) is 11.3 Å². The number of halogens is 4. The summed E-state index contributed by atoms with van der Waals surface area (Å²) in [5.74, 6) is 0. The lowest BCUT2D eigenvalue weighted by Gasteiger charge is -2.08. The molecule has 138 valence electrons. The monoisotopic (exact) mass is 390 g/mol. The van der Waals surface area contributed by atoms with Gasteiger partial charge in [-0.05, 0) is 35.4 Å². The van der Waals surface area contributed by atoms with E-state index >= 15 is 0 Å².